The van der Waals surface area contributed by atoms with Gasteiger partial charge in [-0.25, -0.2) is 4.79 Å². The van der Waals surface area contributed by atoms with Crippen LogP contribution in [0.5, 0.6) is 0 Å². The summed E-state index contributed by atoms with van der Waals surface area (Å²) in [6.07, 6.45) is 0.590. The van der Waals surface area contributed by atoms with Gasteiger partial charge in [0.2, 0.25) is 0 Å². The van der Waals surface area contributed by atoms with E-state index in [2.05, 4.69) is 10.6 Å². The molecule has 2 rings (SSSR count). The number of rotatable bonds is 9. The smallest absolute Gasteiger partial charge is 0.325 e. The number of carbonyl (C=O) groups excluding carboxylic acids is 3. The lowest BCUT2D eigenvalue weighted by atomic mass is 10.1. The first kappa shape index (κ1) is 21.5. The summed E-state index contributed by atoms with van der Waals surface area (Å²) in [4.78, 5) is 35.2. The molecule has 2 amide bonds. The van der Waals surface area contributed by atoms with Crippen molar-refractivity contribution in [3.8, 4) is 0 Å². The number of hydrogen-bond acceptors (Lipinski definition) is 5. The fraction of sp³-hybridized carbons (Fsp3) is 0.286. The molecule has 0 aliphatic rings. The number of esters is 1. The summed E-state index contributed by atoms with van der Waals surface area (Å²) < 4.78 is 5.13. The van der Waals surface area contributed by atoms with Crippen molar-refractivity contribution in [1.29, 1.82) is 0 Å². The zero-order chi connectivity index (χ0) is 20.2. The van der Waals surface area contributed by atoms with E-state index in [9.17, 15) is 14.4 Å². The topological polar surface area (TPSA) is 84.5 Å². The van der Waals surface area contributed by atoms with Gasteiger partial charge in [0.15, 0.2) is 5.12 Å². The lowest BCUT2D eigenvalue weighted by molar-refractivity contribution is -0.143. The molecule has 0 saturated heterocycles. The number of ether oxygens (including phenoxy) is 1. The highest BCUT2D eigenvalue weighted by atomic mass is 32.2. The van der Waals surface area contributed by atoms with E-state index in [1.165, 1.54) is 6.92 Å². The van der Waals surface area contributed by atoms with Crippen LogP contribution in [0.1, 0.15) is 18.1 Å². The highest BCUT2D eigenvalue weighted by molar-refractivity contribution is 8.13. The van der Waals surface area contributed by atoms with Crippen LogP contribution in [-0.4, -0.2) is 35.5 Å². The maximum Gasteiger partial charge on any atom is 0.325 e. The molecule has 0 heterocycles. The van der Waals surface area contributed by atoms with Gasteiger partial charge in [0.05, 0.1) is 0 Å². The Labute approximate surface area is 169 Å². The average molecular weight is 401 g/mol. The van der Waals surface area contributed by atoms with E-state index < -0.39 is 12.0 Å². The molecule has 0 aromatic heterocycles. The molecule has 6 nitrogen and oxygen atoms in total. The van der Waals surface area contributed by atoms with Gasteiger partial charge >= 0.3 is 12.0 Å². The van der Waals surface area contributed by atoms with Crippen molar-refractivity contribution in [1.82, 2.24) is 10.6 Å². The number of amides is 2. The summed E-state index contributed by atoms with van der Waals surface area (Å²) >= 11 is 1.16. The lowest BCUT2D eigenvalue weighted by Crippen LogP contribution is -2.46. The minimum atomic E-state index is -0.517. The molecule has 0 spiro atoms. The molecular formula is C21H24N2O4S. The van der Waals surface area contributed by atoms with E-state index in [0.29, 0.717) is 12.2 Å². The third-order valence-electron chi connectivity index (χ3n) is 3.78. The maximum atomic E-state index is 12.1. The maximum absolute atomic E-state index is 12.1. The van der Waals surface area contributed by atoms with Crippen LogP contribution in [0, 0.1) is 0 Å². The Kier molecular flexibility index (Phi) is 9.07. The molecule has 0 aliphatic heterocycles. The van der Waals surface area contributed by atoms with Crippen LogP contribution in [0.25, 0.3) is 0 Å². The molecule has 2 N–H and O–H groups in total. The van der Waals surface area contributed by atoms with Crippen LogP contribution in [0.4, 0.5) is 4.79 Å². The Balaban J connectivity index is 1.77. The molecule has 0 radical (unpaired) electrons. The SMILES string of the molecule is CC(=O)SCC(Cc1ccccc1)NC(=O)NCC(=O)OCc1ccccc1. The third-order valence-corrected chi connectivity index (χ3v) is 4.76. The molecule has 1 atom stereocenters. The summed E-state index contributed by atoms with van der Waals surface area (Å²) in [5.41, 5.74) is 1.93. The van der Waals surface area contributed by atoms with Crippen molar-refractivity contribution < 1.29 is 19.1 Å². The lowest BCUT2D eigenvalue weighted by Gasteiger charge is -2.18. The van der Waals surface area contributed by atoms with Crippen LogP contribution < -0.4 is 10.6 Å². The van der Waals surface area contributed by atoms with Crippen LogP contribution in [0.15, 0.2) is 60.7 Å². The summed E-state index contributed by atoms with van der Waals surface area (Å²) in [6.45, 7) is 1.43. The van der Waals surface area contributed by atoms with E-state index >= 15 is 0 Å². The predicted octanol–water partition coefficient (Wildman–Crippen LogP) is 2.92. The Morgan fingerprint density at radius 1 is 0.964 bits per heavy atom. The van der Waals surface area contributed by atoms with Crippen LogP contribution >= 0.6 is 11.8 Å². The van der Waals surface area contributed by atoms with Gasteiger partial charge in [0.25, 0.3) is 0 Å². The normalized spacial score (nSPS) is 11.3. The van der Waals surface area contributed by atoms with Crippen LogP contribution in [-0.2, 0) is 27.4 Å². The average Bonchev–Trinajstić information content (AvgIpc) is 2.70. The van der Waals surface area contributed by atoms with Crippen molar-refractivity contribution in [2.45, 2.75) is 26.0 Å². The van der Waals surface area contributed by atoms with E-state index in [1.807, 2.05) is 60.7 Å². The second-order valence-corrected chi connectivity index (χ2v) is 7.36. The fourth-order valence-electron chi connectivity index (χ4n) is 2.45. The summed E-state index contributed by atoms with van der Waals surface area (Å²) in [5.74, 6) is -0.0625. The van der Waals surface area contributed by atoms with Crippen molar-refractivity contribution in [3.05, 3.63) is 71.8 Å². The largest absolute Gasteiger partial charge is 0.460 e. The second kappa shape index (κ2) is 11.8. The number of hydrogen-bond donors (Lipinski definition) is 2. The molecule has 2 aromatic carbocycles. The van der Waals surface area contributed by atoms with E-state index in [-0.39, 0.29) is 24.3 Å². The van der Waals surface area contributed by atoms with Crippen LogP contribution in [0.2, 0.25) is 0 Å². The van der Waals surface area contributed by atoms with Gasteiger partial charge in [-0.3, -0.25) is 9.59 Å². The molecule has 0 fully saturated rings. The number of carbonyl (C=O) groups is 3. The van der Waals surface area contributed by atoms with Gasteiger partial charge < -0.3 is 15.4 Å². The third kappa shape index (κ3) is 8.73. The molecule has 0 saturated carbocycles. The first-order chi connectivity index (χ1) is 13.5. The summed E-state index contributed by atoms with van der Waals surface area (Å²) in [6, 6.07) is 18.3. The van der Waals surface area contributed by atoms with Gasteiger partial charge in [0, 0.05) is 18.7 Å². The van der Waals surface area contributed by atoms with Crippen molar-refractivity contribution >= 4 is 28.9 Å². The molecule has 0 bridgehead atoms. The van der Waals surface area contributed by atoms with Gasteiger partial charge in [-0.15, -0.1) is 0 Å². The van der Waals surface area contributed by atoms with Gasteiger partial charge in [-0.2, -0.15) is 0 Å². The van der Waals surface area contributed by atoms with E-state index in [4.69, 9.17) is 4.74 Å². The van der Waals surface area contributed by atoms with Gasteiger partial charge in [-0.1, -0.05) is 72.4 Å². The molecular weight excluding hydrogens is 376 g/mol. The van der Waals surface area contributed by atoms with Crippen molar-refractivity contribution in [3.63, 3.8) is 0 Å². The van der Waals surface area contributed by atoms with Gasteiger partial charge in [-0.05, 0) is 17.5 Å². The highest BCUT2D eigenvalue weighted by Crippen LogP contribution is 2.10. The van der Waals surface area contributed by atoms with Gasteiger partial charge in [0.1, 0.15) is 13.2 Å². The molecule has 7 heteroatoms. The first-order valence-electron chi connectivity index (χ1n) is 8.94. The zero-order valence-electron chi connectivity index (χ0n) is 15.7. The standard InChI is InChI=1S/C21H24N2O4S/c1-16(24)28-15-19(12-17-8-4-2-5-9-17)23-21(26)22-13-20(25)27-14-18-10-6-3-7-11-18/h2-11,19H,12-15H2,1H3,(H2,22,23,26). The van der Waals surface area contributed by atoms with Crippen molar-refractivity contribution in [2.75, 3.05) is 12.3 Å². The number of thioether (sulfide) groups is 1. The molecule has 28 heavy (non-hydrogen) atoms. The van der Waals surface area contributed by atoms with Crippen molar-refractivity contribution in [2.24, 2.45) is 0 Å². The fourth-order valence-corrected chi connectivity index (χ4v) is 3.08. The summed E-state index contributed by atoms with van der Waals surface area (Å²) in [7, 11) is 0. The number of benzene rings is 2. The van der Waals surface area contributed by atoms with Crippen LogP contribution in [0.3, 0.4) is 0 Å². The highest BCUT2D eigenvalue weighted by Gasteiger charge is 2.15. The Bertz CT molecular complexity index is 768. The predicted molar refractivity (Wildman–Crippen MR) is 110 cm³/mol. The second-order valence-electron chi connectivity index (χ2n) is 6.16. The molecule has 0 aliphatic carbocycles. The molecule has 2 aromatic rings. The zero-order valence-corrected chi connectivity index (χ0v) is 16.5. The Morgan fingerprint density at radius 2 is 1.57 bits per heavy atom. The molecule has 1 unspecified atom stereocenters. The number of urea groups is 1. The monoisotopic (exact) mass is 400 g/mol. The van der Waals surface area contributed by atoms with E-state index in [1.54, 1.807) is 0 Å². The number of nitrogens with one attached hydrogen (secondary N) is 2. The first-order valence-corrected chi connectivity index (χ1v) is 9.92. The minimum absolute atomic E-state index is 0.00948. The Morgan fingerprint density at radius 3 is 2.18 bits per heavy atom. The van der Waals surface area contributed by atoms with E-state index in [0.717, 1.165) is 22.9 Å². The molecule has 148 valence electrons. The minimum Gasteiger partial charge on any atom is -0.460 e. The summed E-state index contributed by atoms with van der Waals surface area (Å²) in [5, 5.41) is 5.31. The quantitative estimate of drug-likeness (QED) is 0.632. The Hall–Kier alpha value is -2.80.